The van der Waals surface area contributed by atoms with Crippen LogP contribution in [0.4, 0.5) is 17.6 Å². The second kappa shape index (κ2) is 6.99. The number of amides is 1. The van der Waals surface area contributed by atoms with Crippen LogP contribution in [0, 0.1) is 5.82 Å². The van der Waals surface area contributed by atoms with E-state index in [-0.39, 0.29) is 17.7 Å². The molecule has 0 aliphatic rings. The predicted octanol–water partition coefficient (Wildman–Crippen LogP) is 4.42. The minimum absolute atomic E-state index is 0.119. The second-order valence-electron chi connectivity index (χ2n) is 4.46. The summed E-state index contributed by atoms with van der Waals surface area (Å²) in [7, 11) is 0. The van der Waals surface area contributed by atoms with Gasteiger partial charge in [-0.25, -0.2) is 4.39 Å². The van der Waals surface area contributed by atoms with Gasteiger partial charge in [-0.05, 0) is 24.3 Å². The first kappa shape index (κ1) is 17.3. The van der Waals surface area contributed by atoms with Gasteiger partial charge >= 0.3 is 6.36 Å². The lowest BCUT2D eigenvalue weighted by molar-refractivity contribution is -0.274. The number of ether oxygens (including phenoxy) is 1. The molecule has 0 aromatic heterocycles. The molecule has 1 amide bonds. The predicted molar refractivity (Wildman–Crippen MR) is 78.4 cm³/mol. The highest BCUT2D eigenvalue weighted by Crippen LogP contribution is 2.26. The Bertz CT molecular complexity index is 719. The fourth-order valence-electron chi connectivity index (χ4n) is 1.82. The average molecular weight is 392 g/mol. The minimum Gasteiger partial charge on any atom is -0.405 e. The van der Waals surface area contributed by atoms with Crippen LogP contribution < -0.4 is 10.1 Å². The number of para-hydroxylation sites is 1. The number of benzene rings is 2. The Morgan fingerprint density at radius 3 is 2.57 bits per heavy atom. The van der Waals surface area contributed by atoms with E-state index in [1.807, 2.05) is 0 Å². The molecule has 0 bridgehead atoms. The molecule has 0 aliphatic heterocycles. The number of carbonyl (C=O) groups excluding carboxylic acids is 1. The van der Waals surface area contributed by atoms with Crippen LogP contribution in [0.1, 0.15) is 15.9 Å². The second-order valence-corrected chi connectivity index (χ2v) is 5.38. The van der Waals surface area contributed by atoms with Crippen molar-refractivity contribution in [2.24, 2.45) is 0 Å². The summed E-state index contributed by atoms with van der Waals surface area (Å²) in [6.45, 7) is -0.239. The maximum atomic E-state index is 13.6. The Balaban J connectivity index is 2.12. The summed E-state index contributed by atoms with van der Waals surface area (Å²) in [4.78, 5) is 12.0. The van der Waals surface area contributed by atoms with Crippen LogP contribution in [-0.4, -0.2) is 12.3 Å². The Morgan fingerprint density at radius 1 is 1.17 bits per heavy atom. The first-order chi connectivity index (χ1) is 10.8. The van der Waals surface area contributed by atoms with Crippen molar-refractivity contribution in [1.29, 1.82) is 0 Å². The monoisotopic (exact) mass is 391 g/mol. The van der Waals surface area contributed by atoms with Gasteiger partial charge in [0.2, 0.25) is 0 Å². The van der Waals surface area contributed by atoms with Gasteiger partial charge < -0.3 is 10.1 Å². The highest BCUT2D eigenvalue weighted by Gasteiger charge is 2.32. The Labute approximate surface area is 137 Å². The lowest BCUT2D eigenvalue weighted by atomic mass is 10.1. The standard InChI is InChI=1S/C15H10BrF4NO2/c16-10-5-6-12(17)11(7-10)14(22)21-8-9-3-1-2-4-13(9)23-15(18,19)20/h1-7H,8H2,(H,21,22). The van der Waals surface area contributed by atoms with Crippen molar-refractivity contribution in [3.63, 3.8) is 0 Å². The van der Waals surface area contributed by atoms with E-state index in [4.69, 9.17) is 0 Å². The van der Waals surface area contributed by atoms with Gasteiger partial charge in [0, 0.05) is 16.6 Å². The van der Waals surface area contributed by atoms with E-state index in [9.17, 15) is 22.4 Å². The van der Waals surface area contributed by atoms with Gasteiger partial charge in [-0.1, -0.05) is 34.1 Å². The topological polar surface area (TPSA) is 38.3 Å². The van der Waals surface area contributed by atoms with E-state index in [2.05, 4.69) is 26.0 Å². The van der Waals surface area contributed by atoms with Crippen molar-refractivity contribution < 1.29 is 27.1 Å². The maximum Gasteiger partial charge on any atom is 0.573 e. The van der Waals surface area contributed by atoms with Gasteiger partial charge in [-0.15, -0.1) is 13.2 Å². The zero-order valence-electron chi connectivity index (χ0n) is 11.5. The average Bonchev–Trinajstić information content (AvgIpc) is 2.47. The fraction of sp³-hybridized carbons (Fsp3) is 0.133. The van der Waals surface area contributed by atoms with Gasteiger partial charge in [-0.3, -0.25) is 4.79 Å². The Kier molecular flexibility index (Phi) is 5.25. The van der Waals surface area contributed by atoms with Gasteiger partial charge in [0.05, 0.1) is 5.56 Å². The molecule has 0 saturated carbocycles. The highest BCUT2D eigenvalue weighted by molar-refractivity contribution is 9.10. The number of alkyl halides is 3. The third kappa shape index (κ3) is 4.95. The molecule has 0 atom stereocenters. The molecule has 0 spiro atoms. The molecule has 2 aromatic rings. The van der Waals surface area contributed by atoms with E-state index in [0.29, 0.717) is 4.47 Å². The summed E-state index contributed by atoms with van der Waals surface area (Å²) >= 11 is 3.11. The largest absolute Gasteiger partial charge is 0.573 e. The molecular weight excluding hydrogens is 382 g/mol. The molecule has 0 saturated heterocycles. The molecule has 0 unspecified atom stereocenters. The Hall–Kier alpha value is -2.09. The summed E-state index contributed by atoms with van der Waals surface area (Å²) in [6, 6.07) is 9.21. The molecule has 3 nitrogen and oxygen atoms in total. The summed E-state index contributed by atoms with van der Waals surface area (Å²) in [6.07, 6.45) is -4.84. The van der Waals surface area contributed by atoms with Gasteiger partial charge in [0.25, 0.3) is 5.91 Å². The summed E-state index contributed by atoms with van der Waals surface area (Å²) in [5.41, 5.74) is -0.0952. The summed E-state index contributed by atoms with van der Waals surface area (Å²) in [5.74, 6) is -1.90. The number of halogens is 5. The number of rotatable bonds is 4. The molecule has 8 heteroatoms. The molecular formula is C15H10BrF4NO2. The van der Waals surface area contributed by atoms with Crippen LogP contribution in [0.15, 0.2) is 46.9 Å². The molecule has 122 valence electrons. The normalized spacial score (nSPS) is 11.2. The van der Waals surface area contributed by atoms with Crippen LogP contribution in [-0.2, 0) is 6.54 Å². The molecule has 2 rings (SSSR count). The quantitative estimate of drug-likeness (QED) is 0.783. The number of carbonyl (C=O) groups is 1. The van der Waals surface area contributed by atoms with Gasteiger partial charge in [0.15, 0.2) is 0 Å². The van der Waals surface area contributed by atoms with Crippen molar-refractivity contribution >= 4 is 21.8 Å². The summed E-state index contributed by atoms with van der Waals surface area (Å²) < 4.78 is 54.9. The molecule has 23 heavy (non-hydrogen) atoms. The van der Waals surface area contributed by atoms with E-state index >= 15 is 0 Å². The van der Waals surface area contributed by atoms with Crippen molar-refractivity contribution in [2.75, 3.05) is 0 Å². The van der Waals surface area contributed by atoms with E-state index in [1.165, 1.54) is 30.3 Å². The van der Waals surface area contributed by atoms with Gasteiger partial charge in [-0.2, -0.15) is 0 Å². The summed E-state index contributed by atoms with van der Waals surface area (Å²) in [5, 5.41) is 2.36. The van der Waals surface area contributed by atoms with Crippen molar-refractivity contribution in [2.45, 2.75) is 12.9 Å². The van der Waals surface area contributed by atoms with Gasteiger partial charge in [0.1, 0.15) is 11.6 Å². The lowest BCUT2D eigenvalue weighted by Gasteiger charge is -2.13. The molecule has 0 aliphatic carbocycles. The molecule has 0 fully saturated rings. The first-order valence-electron chi connectivity index (χ1n) is 6.33. The van der Waals surface area contributed by atoms with Crippen LogP contribution in [0.5, 0.6) is 5.75 Å². The zero-order valence-corrected chi connectivity index (χ0v) is 13.0. The van der Waals surface area contributed by atoms with Crippen LogP contribution in [0.3, 0.4) is 0 Å². The SMILES string of the molecule is O=C(NCc1ccccc1OC(F)(F)F)c1cc(Br)ccc1F. The van der Waals surface area contributed by atoms with Crippen molar-refractivity contribution in [3.05, 3.63) is 63.9 Å². The van der Waals surface area contributed by atoms with E-state index in [1.54, 1.807) is 0 Å². The number of hydrogen-bond donors (Lipinski definition) is 1. The fourth-order valence-corrected chi connectivity index (χ4v) is 2.18. The molecule has 2 aromatic carbocycles. The highest BCUT2D eigenvalue weighted by atomic mass is 79.9. The maximum absolute atomic E-state index is 13.6. The van der Waals surface area contributed by atoms with Crippen LogP contribution in [0.2, 0.25) is 0 Å². The smallest absolute Gasteiger partial charge is 0.405 e. The zero-order chi connectivity index (χ0) is 17.0. The molecule has 1 N–H and O–H groups in total. The third-order valence-corrected chi connectivity index (χ3v) is 3.30. The van der Waals surface area contributed by atoms with E-state index in [0.717, 1.165) is 12.1 Å². The number of hydrogen-bond acceptors (Lipinski definition) is 2. The Morgan fingerprint density at radius 2 is 1.87 bits per heavy atom. The molecule has 0 heterocycles. The van der Waals surface area contributed by atoms with Crippen molar-refractivity contribution in [1.82, 2.24) is 5.32 Å². The van der Waals surface area contributed by atoms with E-state index < -0.39 is 23.8 Å². The van der Waals surface area contributed by atoms with Crippen LogP contribution in [0.25, 0.3) is 0 Å². The van der Waals surface area contributed by atoms with Crippen molar-refractivity contribution in [3.8, 4) is 5.75 Å². The number of nitrogens with one attached hydrogen (secondary N) is 1. The molecule has 0 radical (unpaired) electrons. The van der Waals surface area contributed by atoms with Crippen LogP contribution >= 0.6 is 15.9 Å². The third-order valence-electron chi connectivity index (χ3n) is 2.81. The first-order valence-corrected chi connectivity index (χ1v) is 7.12. The minimum atomic E-state index is -4.84. The lowest BCUT2D eigenvalue weighted by Crippen LogP contribution is -2.25.